The largest absolute Gasteiger partial charge is 0.396 e. The van der Waals surface area contributed by atoms with E-state index < -0.39 is 0 Å². The summed E-state index contributed by atoms with van der Waals surface area (Å²) in [7, 11) is 0. The maximum absolute atomic E-state index is 11.7. The van der Waals surface area contributed by atoms with Gasteiger partial charge in [-0.05, 0) is 12.3 Å². The summed E-state index contributed by atoms with van der Waals surface area (Å²) in [4.78, 5) is 19.5. The number of rotatable bonds is 5. The second-order valence-electron chi connectivity index (χ2n) is 3.93. The van der Waals surface area contributed by atoms with Crippen LogP contribution in [-0.4, -0.2) is 33.6 Å². The lowest BCUT2D eigenvalue weighted by Crippen LogP contribution is -2.39. The number of carbonyl (C=O) groups is 1. The van der Waals surface area contributed by atoms with E-state index >= 15 is 0 Å². The van der Waals surface area contributed by atoms with E-state index in [9.17, 15) is 4.79 Å². The molecule has 0 aliphatic rings. The summed E-state index contributed by atoms with van der Waals surface area (Å²) in [6.45, 7) is 4.05. The van der Waals surface area contributed by atoms with Crippen LogP contribution < -0.4 is 5.32 Å². The standard InChI is InChI=1S/C11H17N3O2/c1-8(2)9(3-6-15)14-11(16)10-7-12-4-5-13-10/h4-5,7-9,15H,3,6H2,1-2H3,(H,14,16). The number of nitrogens with zero attached hydrogens (tertiary/aromatic N) is 2. The van der Waals surface area contributed by atoms with Crippen LogP contribution in [0.5, 0.6) is 0 Å². The maximum Gasteiger partial charge on any atom is 0.271 e. The van der Waals surface area contributed by atoms with Gasteiger partial charge in [-0.3, -0.25) is 9.78 Å². The highest BCUT2D eigenvalue weighted by Crippen LogP contribution is 2.06. The van der Waals surface area contributed by atoms with E-state index in [1.54, 1.807) is 0 Å². The second-order valence-corrected chi connectivity index (χ2v) is 3.93. The summed E-state index contributed by atoms with van der Waals surface area (Å²) in [6, 6.07) is -0.0421. The van der Waals surface area contributed by atoms with Crippen molar-refractivity contribution in [1.82, 2.24) is 15.3 Å². The van der Waals surface area contributed by atoms with Crippen LogP contribution in [0.25, 0.3) is 0 Å². The summed E-state index contributed by atoms with van der Waals surface area (Å²) < 4.78 is 0. The van der Waals surface area contributed by atoms with Crippen molar-refractivity contribution in [3.05, 3.63) is 24.3 Å². The molecule has 0 aliphatic carbocycles. The molecule has 0 spiro atoms. The van der Waals surface area contributed by atoms with Crippen molar-refractivity contribution >= 4 is 5.91 Å². The fourth-order valence-electron chi connectivity index (χ4n) is 1.37. The van der Waals surface area contributed by atoms with Crippen LogP contribution in [0, 0.1) is 5.92 Å². The van der Waals surface area contributed by atoms with E-state index in [0.29, 0.717) is 12.1 Å². The van der Waals surface area contributed by atoms with Crippen LogP contribution in [0.3, 0.4) is 0 Å². The van der Waals surface area contributed by atoms with Crippen LogP contribution in [-0.2, 0) is 0 Å². The highest BCUT2D eigenvalue weighted by Gasteiger charge is 2.17. The molecule has 1 aromatic rings. The summed E-state index contributed by atoms with van der Waals surface area (Å²) >= 11 is 0. The first kappa shape index (κ1) is 12.6. The minimum Gasteiger partial charge on any atom is -0.396 e. The molecule has 5 heteroatoms. The average Bonchev–Trinajstić information content (AvgIpc) is 2.29. The van der Waals surface area contributed by atoms with E-state index in [0.717, 1.165) is 0 Å². The molecule has 0 aliphatic heterocycles. The molecule has 0 bridgehead atoms. The van der Waals surface area contributed by atoms with Gasteiger partial charge in [0.15, 0.2) is 0 Å². The van der Waals surface area contributed by atoms with Crippen molar-refractivity contribution in [2.75, 3.05) is 6.61 Å². The Labute approximate surface area is 94.9 Å². The van der Waals surface area contributed by atoms with Crippen molar-refractivity contribution in [1.29, 1.82) is 0 Å². The number of aromatic nitrogens is 2. The van der Waals surface area contributed by atoms with E-state index in [1.165, 1.54) is 18.6 Å². The lowest BCUT2D eigenvalue weighted by atomic mass is 10.0. The van der Waals surface area contributed by atoms with Gasteiger partial charge < -0.3 is 10.4 Å². The zero-order chi connectivity index (χ0) is 12.0. The van der Waals surface area contributed by atoms with Gasteiger partial charge in [-0.1, -0.05) is 13.8 Å². The molecule has 1 rings (SSSR count). The normalized spacial score (nSPS) is 12.5. The van der Waals surface area contributed by atoms with Gasteiger partial charge in [0.05, 0.1) is 6.20 Å². The Morgan fingerprint density at radius 3 is 2.75 bits per heavy atom. The first-order valence-electron chi connectivity index (χ1n) is 5.33. The number of amides is 1. The van der Waals surface area contributed by atoms with Gasteiger partial charge in [0, 0.05) is 25.0 Å². The molecule has 0 radical (unpaired) electrons. The summed E-state index contributed by atoms with van der Waals surface area (Å²) in [5.74, 6) is 0.0213. The van der Waals surface area contributed by atoms with Gasteiger partial charge in [-0.25, -0.2) is 4.98 Å². The second kappa shape index (κ2) is 6.17. The van der Waals surface area contributed by atoms with Gasteiger partial charge >= 0.3 is 0 Å². The fourth-order valence-corrected chi connectivity index (χ4v) is 1.37. The number of nitrogens with one attached hydrogen (secondary N) is 1. The molecule has 2 N–H and O–H groups in total. The molecule has 1 unspecified atom stereocenters. The lowest BCUT2D eigenvalue weighted by Gasteiger charge is -2.21. The van der Waals surface area contributed by atoms with Crippen LogP contribution in [0.1, 0.15) is 30.8 Å². The molecule has 5 nitrogen and oxygen atoms in total. The highest BCUT2D eigenvalue weighted by atomic mass is 16.3. The third-order valence-electron chi connectivity index (χ3n) is 2.36. The van der Waals surface area contributed by atoms with Crippen molar-refractivity contribution in [3.63, 3.8) is 0 Å². The zero-order valence-electron chi connectivity index (χ0n) is 9.55. The minimum atomic E-state index is -0.250. The molecule has 0 saturated carbocycles. The summed E-state index contributed by atoms with van der Waals surface area (Å²) in [6.07, 6.45) is 4.96. The molecule has 0 fully saturated rings. The van der Waals surface area contributed by atoms with Gasteiger partial charge in [-0.15, -0.1) is 0 Å². The Kier molecular flexibility index (Phi) is 4.85. The molecule has 0 aromatic carbocycles. The molecule has 0 saturated heterocycles. The summed E-state index contributed by atoms with van der Waals surface area (Å²) in [5, 5.41) is 11.7. The van der Waals surface area contributed by atoms with Gasteiger partial charge in [0.25, 0.3) is 5.91 Å². The Hall–Kier alpha value is -1.49. The van der Waals surface area contributed by atoms with Crippen LogP contribution in [0.4, 0.5) is 0 Å². The Morgan fingerprint density at radius 2 is 2.25 bits per heavy atom. The molecular formula is C11H17N3O2. The highest BCUT2D eigenvalue weighted by molar-refractivity contribution is 5.92. The third kappa shape index (κ3) is 3.58. The van der Waals surface area contributed by atoms with Crippen LogP contribution in [0.2, 0.25) is 0 Å². The first-order chi connectivity index (χ1) is 7.65. The number of aliphatic hydroxyl groups is 1. The van der Waals surface area contributed by atoms with Crippen molar-refractivity contribution in [2.45, 2.75) is 26.3 Å². The molecule has 1 heterocycles. The zero-order valence-corrected chi connectivity index (χ0v) is 9.55. The average molecular weight is 223 g/mol. The Bertz CT molecular complexity index is 327. The number of hydrogen-bond donors (Lipinski definition) is 2. The SMILES string of the molecule is CC(C)C(CCO)NC(=O)c1cnccn1. The van der Waals surface area contributed by atoms with Gasteiger partial charge in [-0.2, -0.15) is 0 Å². The number of carbonyl (C=O) groups excluding carboxylic acids is 1. The third-order valence-corrected chi connectivity index (χ3v) is 2.36. The van der Waals surface area contributed by atoms with E-state index in [4.69, 9.17) is 5.11 Å². The topological polar surface area (TPSA) is 75.1 Å². The van der Waals surface area contributed by atoms with Crippen LogP contribution >= 0.6 is 0 Å². The Balaban J connectivity index is 2.62. The van der Waals surface area contributed by atoms with Crippen molar-refractivity contribution in [3.8, 4) is 0 Å². The first-order valence-corrected chi connectivity index (χ1v) is 5.33. The quantitative estimate of drug-likeness (QED) is 0.767. The summed E-state index contributed by atoms with van der Waals surface area (Å²) in [5.41, 5.74) is 0.297. The van der Waals surface area contributed by atoms with E-state index in [-0.39, 0.29) is 24.5 Å². The Morgan fingerprint density at radius 1 is 1.50 bits per heavy atom. The van der Waals surface area contributed by atoms with Crippen molar-refractivity contribution < 1.29 is 9.90 Å². The predicted octanol–water partition coefficient (Wildman–Crippen LogP) is 0.613. The smallest absolute Gasteiger partial charge is 0.271 e. The van der Waals surface area contributed by atoms with E-state index in [2.05, 4.69) is 15.3 Å². The number of hydrogen-bond acceptors (Lipinski definition) is 4. The minimum absolute atomic E-state index is 0.0421. The van der Waals surface area contributed by atoms with E-state index in [1.807, 2.05) is 13.8 Å². The molecule has 1 amide bonds. The monoisotopic (exact) mass is 223 g/mol. The predicted molar refractivity (Wildman–Crippen MR) is 59.8 cm³/mol. The molecule has 1 aromatic heterocycles. The molecule has 16 heavy (non-hydrogen) atoms. The maximum atomic E-state index is 11.7. The molecule has 1 atom stereocenters. The molecule has 88 valence electrons. The van der Waals surface area contributed by atoms with Gasteiger partial charge in [0.1, 0.15) is 5.69 Å². The number of aliphatic hydroxyl groups excluding tert-OH is 1. The lowest BCUT2D eigenvalue weighted by molar-refractivity contribution is 0.0911. The van der Waals surface area contributed by atoms with Crippen LogP contribution in [0.15, 0.2) is 18.6 Å². The fraction of sp³-hybridized carbons (Fsp3) is 0.545. The van der Waals surface area contributed by atoms with Gasteiger partial charge in [0.2, 0.25) is 0 Å². The molecular weight excluding hydrogens is 206 g/mol. The van der Waals surface area contributed by atoms with Crippen molar-refractivity contribution in [2.24, 2.45) is 5.92 Å².